The van der Waals surface area contributed by atoms with E-state index in [9.17, 15) is 13.2 Å². The van der Waals surface area contributed by atoms with Gasteiger partial charge >= 0.3 is 6.18 Å². The van der Waals surface area contributed by atoms with Crippen LogP contribution in [0, 0.1) is 0 Å². The fraction of sp³-hybridized carbons (Fsp3) is 0.333. The summed E-state index contributed by atoms with van der Waals surface area (Å²) in [5.74, 6) is 0. The molecule has 0 aliphatic heterocycles. The normalized spacial score (nSPS) is 13.4. The first kappa shape index (κ1) is 16.5. The van der Waals surface area contributed by atoms with Gasteiger partial charge in [0.15, 0.2) is 0 Å². The molecule has 1 unspecified atom stereocenters. The average molecular weight is 378 g/mol. The quantitative estimate of drug-likeness (QED) is 0.712. The number of hydrogen-bond donors (Lipinski definition) is 1. The van der Waals surface area contributed by atoms with Crippen molar-refractivity contribution in [3.63, 3.8) is 0 Å². The van der Waals surface area contributed by atoms with E-state index < -0.39 is 17.8 Å². The third-order valence-corrected chi connectivity index (χ3v) is 4.49. The Morgan fingerprint density at radius 2 is 2.05 bits per heavy atom. The fourth-order valence-corrected chi connectivity index (χ4v) is 3.31. The summed E-state index contributed by atoms with van der Waals surface area (Å²) in [5, 5.41) is 5.09. The van der Waals surface area contributed by atoms with Crippen molar-refractivity contribution < 1.29 is 13.2 Å². The van der Waals surface area contributed by atoms with Gasteiger partial charge in [-0.15, -0.1) is 11.3 Å². The van der Waals surface area contributed by atoms with Crippen LogP contribution < -0.4 is 5.32 Å². The molecule has 0 fully saturated rings. The first-order chi connectivity index (χ1) is 9.93. The van der Waals surface area contributed by atoms with E-state index in [1.807, 2.05) is 24.4 Å². The average Bonchev–Trinajstić information content (AvgIpc) is 2.93. The number of rotatable bonds is 5. The van der Waals surface area contributed by atoms with Gasteiger partial charge in [0.25, 0.3) is 0 Å². The first-order valence-corrected chi connectivity index (χ1v) is 8.24. The molecule has 114 valence electrons. The molecule has 0 saturated heterocycles. The molecule has 1 nitrogen and oxygen atoms in total. The lowest BCUT2D eigenvalue weighted by Crippen LogP contribution is -2.25. The topological polar surface area (TPSA) is 12.0 Å². The lowest BCUT2D eigenvalue weighted by molar-refractivity contribution is -0.138. The highest BCUT2D eigenvalue weighted by Crippen LogP contribution is 2.39. The Morgan fingerprint density at radius 1 is 1.29 bits per heavy atom. The SMILES string of the molecule is CCCNC(c1cccs1)c1ccc(Br)cc1C(F)(F)F. The van der Waals surface area contributed by atoms with E-state index in [-0.39, 0.29) is 5.56 Å². The van der Waals surface area contributed by atoms with Gasteiger partial charge in [-0.3, -0.25) is 0 Å². The summed E-state index contributed by atoms with van der Waals surface area (Å²) in [4.78, 5) is 0.885. The zero-order valence-electron chi connectivity index (χ0n) is 11.4. The summed E-state index contributed by atoms with van der Waals surface area (Å²) in [5.41, 5.74) is -0.333. The Kier molecular flexibility index (Phi) is 5.46. The molecule has 0 spiro atoms. The number of hydrogen-bond acceptors (Lipinski definition) is 2. The minimum atomic E-state index is -4.37. The van der Waals surface area contributed by atoms with Gasteiger partial charge in [0, 0.05) is 9.35 Å². The molecule has 0 radical (unpaired) electrons. The standard InChI is InChI=1S/C15H15BrF3NS/c1-2-7-20-14(13-4-3-8-21-13)11-6-5-10(16)9-12(11)15(17,18)19/h3-6,8-9,14,20H,2,7H2,1H3. The third-order valence-electron chi connectivity index (χ3n) is 3.06. The molecule has 0 bridgehead atoms. The van der Waals surface area contributed by atoms with Crippen LogP contribution in [0.3, 0.4) is 0 Å². The van der Waals surface area contributed by atoms with Gasteiger partial charge in [0.05, 0.1) is 11.6 Å². The van der Waals surface area contributed by atoms with Crippen LogP contribution in [0.25, 0.3) is 0 Å². The summed E-state index contributed by atoms with van der Waals surface area (Å²) in [6, 6.07) is 7.62. The highest BCUT2D eigenvalue weighted by atomic mass is 79.9. The van der Waals surface area contributed by atoms with Gasteiger partial charge in [-0.05, 0) is 42.1 Å². The van der Waals surface area contributed by atoms with Gasteiger partial charge in [0.1, 0.15) is 0 Å². The summed E-state index contributed by atoms with van der Waals surface area (Å²) < 4.78 is 40.4. The smallest absolute Gasteiger partial charge is 0.306 e. The maximum Gasteiger partial charge on any atom is 0.416 e. The van der Waals surface area contributed by atoms with E-state index >= 15 is 0 Å². The summed E-state index contributed by atoms with van der Waals surface area (Å²) in [6.45, 7) is 2.65. The maximum absolute atomic E-state index is 13.3. The zero-order chi connectivity index (χ0) is 15.5. The number of thiophene rings is 1. The third kappa shape index (κ3) is 4.08. The van der Waals surface area contributed by atoms with Gasteiger partial charge < -0.3 is 5.32 Å². The Balaban J connectivity index is 2.49. The van der Waals surface area contributed by atoms with Crippen LogP contribution in [0.2, 0.25) is 0 Å². The van der Waals surface area contributed by atoms with E-state index in [0.29, 0.717) is 11.0 Å². The molecule has 1 heterocycles. The van der Waals surface area contributed by atoms with Crippen molar-refractivity contribution in [2.75, 3.05) is 6.54 Å². The van der Waals surface area contributed by atoms with Crippen molar-refractivity contribution in [2.45, 2.75) is 25.6 Å². The van der Waals surface area contributed by atoms with Crippen molar-refractivity contribution in [1.29, 1.82) is 0 Å². The van der Waals surface area contributed by atoms with Gasteiger partial charge in [-0.2, -0.15) is 13.2 Å². The van der Waals surface area contributed by atoms with E-state index in [2.05, 4.69) is 21.2 Å². The van der Waals surface area contributed by atoms with Crippen molar-refractivity contribution in [2.24, 2.45) is 0 Å². The Morgan fingerprint density at radius 3 is 2.62 bits per heavy atom. The number of benzene rings is 1. The molecule has 1 N–H and O–H groups in total. The molecule has 1 atom stereocenters. The van der Waals surface area contributed by atoms with Crippen molar-refractivity contribution in [1.82, 2.24) is 5.32 Å². The molecule has 2 rings (SSSR count). The van der Waals surface area contributed by atoms with Gasteiger partial charge in [-0.25, -0.2) is 0 Å². The summed E-state index contributed by atoms with van der Waals surface area (Å²) in [7, 11) is 0. The predicted molar refractivity (Wildman–Crippen MR) is 83.6 cm³/mol. The Bertz CT molecular complexity index is 581. The molecule has 1 aromatic carbocycles. The van der Waals surface area contributed by atoms with Gasteiger partial charge in [0.2, 0.25) is 0 Å². The fourth-order valence-electron chi connectivity index (χ4n) is 2.13. The second-order valence-electron chi connectivity index (χ2n) is 4.63. The van der Waals surface area contributed by atoms with Gasteiger partial charge in [-0.1, -0.05) is 35.0 Å². The lowest BCUT2D eigenvalue weighted by Gasteiger charge is -2.22. The van der Waals surface area contributed by atoms with Crippen LogP contribution >= 0.6 is 27.3 Å². The molecular formula is C15H15BrF3NS. The lowest BCUT2D eigenvalue weighted by atomic mass is 9.98. The molecule has 1 aromatic heterocycles. The second kappa shape index (κ2) is 6.94. The molecule has 21 heavy (non-hydrogen) atoms. The van der Waals surface area contributed by atoms with Crippen LogP contribution in [0.4, 0.5) is 13.2 Å². The van der Waals surface area contributed by atoms with Crippen LogP contribution in [-0.2, 0) is 6.18 Å². The van der Waals surface area contributed by atoms with E-state index in [1.54, 1.807) is 12.1 Å². The monoisotopic (exact) mass is 377 g/mol. The molecule has 0 aliphatic rings. The Hall–Kier alpha value is -0.850. The minimum absolute atomic E-state index is 0.265. The molecule has 0 amide bonds. The Labute approximate surface area is 134 Å². The maximum atomic E-state index is 13.3. The largest absolute Gasteiger partial charge is 0.416 e. The second-order valence-corrected chi connectivity index (χ2v) is 6.53. The van der Waals surface area contributed by atoms with Crippen molar-refractivity contribution in [3.8, 4) is 0 Å². The highest BCUT2D eigenvalue weighted by molar-refractivity contribution is 9.10. The molecule has 0 aliphatic carbocycles. The van der Waals surface area contributed by atoms with Crippen LogP contribution in [0.1, 0.15) is 35.4 Å². The molecule has 0 saturated carbocycles. The summed E-state index contributed by atoms with van der Waals surface area (Å²) in [6.07, 6.45) is -3.51. The van der Waals surface area contributed by atoms with E-state index in [0.717, 1.165) is 17.4 Å². The highest BCUT2D eigenvalue weighted by Gasteiger charge is 2.35. The number of nitrogens with one attached hydrogen (secondary N) is 1. The van der Waals surface area contributed by atoms with Crippen LogP contribution in [0.15, 0.2) is 40.2 Å². The number of halogens is 4. The first-order valence-electron chi connectivity index (χ1n) is 6.57. The minimum Gasteiger partial charge on any atom is -0.306 e. The zero-order valence-corrected chi connectivity index (χ0v) is 13.8. The summed E-state index contributed by atoms with van der Waals surface area (Å²) >= 11 is 4.58. The van der Waals surface area contributed by atoms with E-state index in [1.165, 1.54) is 11.3 Å². The molecule has 2 aromatic rings. The number of alkyl halides is 3. The van der Waals surface area contributed by atoms with Crippen LogP contribution in [-0.4, -0.2) is 6.54 Å². The van der Waals surface area contributed by atoms with Crippen molar-refractivity contribution >= 4 is 27.3 Å². The predicted octanol–water partition coefficient (Wildman–Crippen LogP) is 5.62. The van der Waals surface area contributed by atoms with E-state index in [4.69, 9.17) is 0 Å². The van der Waals surface area contributed by atoms with Crippen molar-refractivity contribution in [3.05, 3.63) is 56.2 Å². The molecule has 6 heteroatoms. The van der Waals surface area contributed by atoms with Crippen LogP contribution in [0.5, 0.6) is 0 Å². The molecular weight excluding hydrogens is 363 g/mol.